The molecule has 0 aromatic heterocycles. The summed E-state index contributed by atoms with van der Waals surface area (Å²) >= 11 is 0. The lowest BCUT2D eigenvalue weighted by atomic mass is 9.99. The maximum atomic E-state index is 11.5. The second-order valence-electron chi connectivity index (χ2n) is 4.46. The van der Waals surface area contributed by atoms with Gasteiger partial charge >= 0.3 is 5.97 Å². The number of carbonyl (C=O) groups excluding carboxylic acids is 1. The Morgan fingerprint density at radius 3 is 2.08 bits per heavy atom. The van der Waals surface area contributed by atoms with Gasteiger partial charge in [0.1, 0.15) is 11.1 Å². The van der Waals surface area contributed by atoms with Crippen molar-refractivity contribution in [2.45, 2.75) is 45.3 Å². The molecule has 0 radical (unpaired) electrons. The van der Waals surface area contributed by atoms with Crippen LogP contribution in [0, 0.1) is 0 Å². The number of rotatable bonds is 3. The molecule has 4 heteroatoms. The summed E-state index contributed by atoms with van der Waals surface area (Å²) in [5.74, 6) is -0.398. The monoisotopic (exact) mass is 188 g/mol. The maximum absolute atomic E-state index is 11.5. The van der Waals surface area contributed by atoms with Crippen LogP contribution in [0.1, 0.15) is 34.1 Å². The van der Waals surface area contributed by atoms with Crippen LogP contribution in [0.3, 0.4) is 0 Å². The van der Waals surface area contributed by atoms with Gasteiger partial charge in [0.05, 0.1) is 0 Å². The largest absolute Gasteiger partial charge is 0.459 e. The standard InChI is InChI=1S/C9H20N2O2/c1-8(2,3)13-7(12)9(4,11)5-6-10/h5-6,10-11H2,1-4H3/t9-/m1/s1. The van der Waals surface area contributed by atoms with Gasteiger partial charge in [-0.25, -0.2) is 0 Å². The maximum Gasteiger partial charge on any atom is 0.326 e. The van der Waals surface area contributed by atoms with Crippen LogP contribution < -0.4 is 11.5 Å². The van der Waals surface area contributed by atoms with Crippen molar-refractivity contribution in [3.63, 3.8) is 0 Å². The third-order valence-electron chi connectivity index (χ3n) is 1.53. The zero-order valence-corrected chi connectivity index (χ0v) is 8.89. The molecule has 13 heavy (non-hydrogen) atoms. The quantitative estimate of drug-likeness (QED) is 0.628. The van der Waals surface area contributed by atoms with Gasteiger partial charge in [0.2, 0.25) is 0 Å². The highest BCUT2D eigenvalue weighted by molar-refractivity contribution is 5.80. The highest BCUT2D eigenvalue weighted by Gasteiger charge is 2.32. The Hall–Kier alpha value is -0.610. The Kier molecular flexibility index (Phi) is 3.88. The predicted molar refractivity (Wildman–Crippen MR) is 52.1 cm³/mol. The van der Waals surface area contributed by atoms with Crippen LogP contribution in [0.4, 0.5) is 0 Å². The minimum Gasteiger partial charge on any atom is -0.459 e. The van der Waals surface area contributed by atoms with E-state index in [1.807, 2.05) is 20.8 Å². The highest BCUT2D eigenvalue weighted by atomic mass is 16.6. The number of hydrogen-bond acceptors (Lipinski definition) is 4. The molecule has 0 unspecified atom stereocenters. The fourth-order valence-corrected chi connectivity index (χ4v) is 0.797. The second kappa shape index (κ2) is 4.07. The summed E-state index contributed by atoms with van der Waals surface area (Å²) in [6, 6.07) is 0. The SMILES string of the molecule is CC(C)(C)OC(=O)[C@](C)(N)CCN. The van der Waals surface area contributed by atoms with E-state index in [1.54, 1.807) is 6.92 Å². The van der Waals surface area contributed by atoms with Crippen LogP contribution in [0.15, 0.2) is 0 Å². The van der Waals surface area contributed by atoms with Crippen LogP contribution in [-0.2, 0) is 9.53 Å². The lowest BCUT2D eigenvalue weighted by Gasteiger charge is -2.27. The fraction of sp³-hybridized carbons (Fsp3) is 0.889. The molecular formula is C9H20N2O2. The van der Waals surface area contributed by atoms with Crippen molar-refractivity contribution in [2.24, 2.45) is 11.5 Å². The summed E-state index contributed by atoms with van der Waals surface area (Å²) in [6.07, 6.45) is 0.432. The number of carbonyl (C=O) groups is 1. The van der Waals surface area contributed by atoms with Crippen LogP contribution in [0.5, 0.6) is 0 Å². The van der Waals surface area contributed by atoms with Crippen molar-refractivity contribution < 1.29 is 9.53 Å². The zero-order chi connectivity index (χ0) is 10.7. The average molecular weight is 188 g/mol. The molecule has 0 fully saturated rings. The van der Waals surface area contributed by atoms with E-state index in [-0.39, 0.29) is 0 Å². The van der Waals surface area contributed by atoms with Crippen LogP contribution in [-0.4, -0.2) is 23.7 Å². The first-order valence-electron chi connectivity index (χ1n) is 4.41. The molecule has 0 heterocycles. The number of ether oxygens (including phenoxy) is 1. The van der Waals surface area contributed by atoms with E-state index >= 15 is 0 Å². The second-order valence-corrected chi connectivity index (χ2v) is 4.46. The van der Waals surface area contributed by atoms with Gasteiger partial charge in [0.25, 0.3) is 0 Å². The van der Waals surface area contributed by atoms with Crippen LogP contribution in [0.25, 0.3) is 0 Å². The fourth-order valence-electron chi connectivity index (χ4n) is 0.797. The van der Waals surface area contributed by atoms with E-state index in [1.165, 1.54) is 0 Å². The Labute approximate surface area is 79.6 Å². The van der Waals surface area contributed by atoms with Crippen molar-refractivity contribution in [3.05, 3.63) is 0 Å². The summed E-state index contributed by atoms with van der Waals surface area (Å²) in [5, 5.41) is 0. The summed E-state index contributed by atoms with van der Waals surface area (Å²) in [5.41, 5.74) is 9.59. The molecular weight excluding hydrogens is 168 g/mol. The normalized spacial score (nSPS) is 16.5. The van der Waals surface area contributed by atoms with E-state index < -0.39 is 17.1 Å². The number of esters is 1. The Morgan fingerprint density at radius 1 is 1.31 bits per heavy atom. The van der Waals surface area contributed by atoms with Gasteiger partial charge in [-0.3, -0.25) is 4.79 Å². The molecule has 0 saturated carbocycles. The molecule has 0 aliphatic rings. The van der Waals surface area contributed by atoms with Gasteiger partial charge in [-0.1, -0.05) is 0 Å². The molecule has 1 atom stereocenters. The summed E-state index contributed by atoms with van der Waals surface area (Å²) < 4.78 is 5.14. The topological polar surface area (TPSA) is 78.3 Å². The molecule has 4 nitrogen and oxygen atoms in total. The third kappa shape index (κ3) is 4.85. The van der Waals surface area contributed by atoms with Gasteiger partial charge in [0.15, 0.2) is 0 Å². The van der Waals surface area contributed by atoms with Crippen molar-refractivity contribution in [2.75, 3.05) is 6.54 Å². The minimum absolute atomic E-state index is 0.381. The Balaban J connectivity index is 4.25. The summed E-state index contributed by atoms with van der Waals surface area (Å²) in [6.45, 7) is 7.44. The smallest absolute Gasteiger partial charge is 0.326 e. The van der Waals surface area contributed by atoms with Gasteiger partial charge < -0.3 is 16.2 Å². The summed E-state index contributed by atoms with van der Waals surface area (Å²) in [4.78, 5) is 11.5. The van der Waals surface area contributed by atoms with Gasteiger partial charge in [-0.2, -0.15) is 0 Å². The molecule has 0 amide bonds. The first-order valence-corrected chi connectivity index (χ1v) is 4.41. The first kappa shape index (κ1) is 12.4. The van der Waals surface area contributed by atoms with Gasteiger partial charge in [0, 0.05) is 0 Å². The first-order chi connectivity index (χ1) is 5.69. The Bertz CT molecular complexity index is 183. The van der Waals surface area contributed by atoms with E-state index in [4.69, 9.17) is 16.2 Å². The lowest BCUT2D eigenvalue weighted by Crippen LogP contribution is -2.49. The lowest BCUT2D eigenvalue weighted by molar-refractivity contribution is -0.161. The van der Waals surface area contributed by atoms with Crippen molar-refractivity contribution in [3.8, 4) is 0 Å². The molecule has 0 aromatic rings. The zero-order valence-electron chi connectivity index (χ0n) is 8.89. The van der Waals surface area contributed by atoms with E-state index in [2.05, 4.69) is 0 Å². The molecule has 78 valence electrons. The van der Waals surface area contributed by atoms with Crippen molar-refractivity contribution >= 4 is 5.97 Å². The molecule has 0 saturated heterocycles. The highest BCUT2D eigenvalue weighted by Crippen LogP contribution is 2.14. The molecule has 0 bridgehead atoms. The molecule has 4 N–H and O–H groups in total. The molecule has 0 aromatic carbocycles. The minimum atomic E-state index is -0.970. The predicted octanol–water partition coefficient (Wildman–Crippen LogP) is 0.394. The Morgan fingerprint density at radius 2 is 1.77 bits per heavy atom. The van der Waals surface area contributed by atoms with E-state index in [9.17, 15) is 4.79 Å². The van der Waals surface area contributed by atoms with Crippen molar-refractivity contribution in [1.29, 1.82) is 0 Å². The van der Waals surface area contributed by atoms with Gasteiger partial charge in [-0.05, 0) is 40.7 Å². The van der Waals surface area contributed by atoms with Gasteiger partial charge in [-0.15, -0.1) is 0 Å². The van der Waals surface area contributed by atoms with E-state index in [0.717, 1.165) is 0 Å². The van der Waals surface area contributed by atoms with Crippen LogP contribution >= 0.6 is 0 Å². The molecule has 0 spiro atoms. The number of nitrogens with two attached hydrogens (primary N) is 2. The molecule has 0 aliphatic heterocycles. The van der Waals surface area contributed by atoms with E-state index in [0.29, 0.717) is 13.0 Å². The molecule has 0 aliphatic carbocycles. The van der Waals surface area contributed by atoms with Crippen LogP contribution in [0.2, 0.25) is 0 Å². The summed E-state index contributed by atoms with van der Waals surface area (Å²) in [7, 11) is 0. The van der Waals surface area contributed by atoms with Crippen molar-refractivity contribution in [1.82, 2.24) is 0 Å². The third-order valence-corrected chi connectivity index (χ3v) is 1.53. The number of hydrogen-bond donors (Lipinski definition) is 2. The average Bonchev–Trinajstić information content (AvgIpc) is 1.82. The molecule has 0 rings (SSSR count).